The Morgan fingerprint density at radius 2 is 2.04 bits per heavy atom. The number of para-hydroxylation sites is 1. The quantitative estimate of drug-likeness (QED) is 0.655. The van der Waals surface area contributed by atoms with Crippen LogP contribution >= 0.6 is 27.5 Å². The van der Waals surface area contributed by atoms with Crippen LogP contribution in [0.1, 0.15) is 21.6 Å². The molecule has 1 heterocycles. The third-order valence-corrected chi connectivity index (χ3v) is 4.79. The first-order chi connectivity index (χ1) is 11.1. The zero-order valence-corrected chi connectivity index (χ0v) is 15.0. The second-order valence-corrected chi connectivity index (χ2v) is 6.69. The van der Waals surface area contributed by atoms with Gasteiger partial charge in [-0.1, -0.05) is 29.8 Å². The van der Waals surface area contributed by atoms with Crippen molar-refractivity contribution in [2.24, 2.45) is 0 Å². The van der Waals surface area contributed by atoms with Crippen LogP contribution in [0.3, 0.4) is 0 Å². The van der Waals surface area contributed by atoms with Gasteiger partial charge in [-0.2, -0.15) is 0 Å². The van der Waals surface area contributed by atoms with Gasteiger partial charge in [0.15, 0.2) is 0 Å². The Morgan fingerprint density at radius 3 is 2.87 bits per heavy atom. The van der Waals surface area contributed by atoms with Crippen LogP contribution in [0.4, 0.5) is 0 Å². The van der Waals surface area contributed by atoms with Gasteiger partial charge in [0.05, 0.1) is 5.56 Å². The third-order valence-electron chi connectivity index (χ3n) is 3.86. The van der Waals surface area contributed by atoms with Gasteiger partial charge < -0.3 is 10.3 Å². The van der Waals surface area contributed by atoms with E-state index in [0.29, 0.717) is 17.1 Å². The molecule has 2 aromatic carbocycles. The lowest BCUT2D eigenvalue weighted by Crippen LogP contribution is -2.26. The van der Waals surface area contributed by atoms with E-state index >= 15 is 0 Å². The molecule has 3 aromatic rings. The van der Waals surface area contributed by atoms with Gasteiger partial charge in [-0.3, -0.25) is 4.79 Å². The van der Waals surface area contributed by atoms with E-state index in [1.165, 1.54) is 10.9 Å². The van der Waals surface area contributed by atoms with E-state index < -0.39 is 0 Å². The van der Waals surface area contributed by atoms with Gasteiger partial charge in [0.2, 0.25) is 0 Å². The maximum atomic E-state index is 12.3. The van der Waals surface area contributed by atoms with Crippen molar-refractivity contribution < 1.29 is 4.79 Å². The fourth-order valence-electron chi connectivity index (χ4n) is 2.72. The van der Waals surface area contributed by atoms with E-state index in [4.69, 9.17) is 11.6 Å². The molecule has 0 unspecified atom stereocenters. The first-order valence-corrected chi connectivity index (χ1v) is 8.53. The van der Waals surface area contributed by atoms with Gasteiger partial charge in [-0.15, -0.1) is 0 Å². The number of carbonyl (C=O) groups excluding carboxylic acids is 1. The van der Waals surface area contributed by atoms with Gasteiger partial charge in [-0.25, -0.2) is 0 Å². The molecule has 0 bridgehead atoms. The third kappa shape index (κ3) is 3.43. The van der Waals surface area contributed by atoms with Crippen molar-refractivity contribution in [2.45, 2.75) is 13.3 Å². The molecule has 0 saturated carbocycles. The summed E-state index contributed by atoms with van der Waals surface area (Å²) in [7, 11) is 0. The number of hydrogen-bond acceptors (Lipinski definition) is 1. The molecule has 3 rings (SSSR count). The van der Waals surface area contributed by atoms with Crippen LogP contribution in [0.2, 0.25) is 5.02 Å². The molecule has 0 aliphatic heterocycles. The molecule has 3 nitrogen and oxygen atoms in total. The lowest BCUT2D eigenvalue weighted by Gasteiger charge is -2.08. The summed E-state index contributed by atoms with van der Waals surface area (Å²) in [6, 6.07) is 13.4. The summed E-state index contributed by atoms with van der Waals surface area (Å²) in [4.78, 5) is 15.7. The lowest BCUT2D eigenvalue weighted by molar-refractivity contribution is 0.0953. The maximum absolute atomic E-state index is 12.3. The number of amides is 1. The van der Waals surface area contributed by atoms with Gasteiger partial charge in [0, 0.05) is 32.6 Å². The minimum Gasteiger partial charge on any atom is -0.358 e. The standard InChI is InChI=1S/C18H16BrClN2O/c1-11-13(14-4-2-3-5-17(14)22-11)8-9-21-18(23)15-10-12(20)6-7-16(15)19/h2-7,10,22H,8-9H2,1H3,(H,21,23). The first-order valence-electron chi connectivity index (χ1n) is 7.35. The van der Waals surface area contributed by atoms with Crippen LogP contribution in [-0.4, -0.2) is 17.4 Å². The zero-order chi connectivity index (χ0) is 16.4. The number of carbonyl (C=O) groups is 1. The molecule has 1 amide bonds. The van der Waals surface area contributed by atoms with E-state index in [0.717, 1.165) is 22.1 Å². The highest BCUT2D eigenvalue weighted by molar-refractivity contribution is 9.10. The number of halogens is 2. The van der Waals surface area contributed by atoms with Crippen molar-refractivity contribution in [1.82, 2.24) is 10.3 Å². The Labute approximate surface area is 148 Å². The second kappa shape index (κ2) is 6.77. The van der Waals surface area contributed by atoms with Crippen LogP contribution in [0.25, 0.3) is 10.9 Å². The number of H-pyrrole nitrogens is 1. The molecule has 23 heavy (non-hydrogen) atoms. The lowest BCUT2D eigenvalue weighted by atomic mass is 10.1. The Bertz CT molecular complexity index is 873. The maximum Gasteiger partial charge on any atom is 0.252 e. The molecule has 2 N–H and O–H groups in total. The van der Waals surface area contributed by atoms with Crippen molar-refractivity contribution in [3.63, 3.8) is 0 Å². The van der Waals surface area contributed by atoms with Crippen molar-refractivity contribution in [2.75, 3.05) is 6.54 Å². The molecule has 5 heteroatoms. The summed E-state index contributed by atoms with van der Waals surface area (Å²) >= 11 is 9.34. The number of nitrogens with one attached hydrogen (secondary N) is 2. The molecule has 0 radical (unpaired) electrons. The fourth-order valence-corrected chi connectivity index (χ4v) is 3.32. The molecule has 0 spiro atoms. The van der Waals surface area contributed by atoms with Crippen molar-refractivity contribution in [3.8, 4) is 0 Å². The highest BCUT2D eigenvalue weighted by atomic mass is 79.9. The summed E-state index contributed by atoms with van der Waals surface area (Å²) in [5.74, 6) is -0.128. The summed E-state index contributed by atoms with van der Waals surface area (Å²) in [5, 5.41) is 4.71. The number of aromatic nitrogens is 1. The van der Waals surface area contributed by atoms with E-state index in [1.54, 1.807) is 18.2 Å². The average Bonchev–Trinajstić information content (AvgIpc) is 2.85. The second-order valence-electron chi connectivity index (χ2n) is 5.40. The normalized spacial score (nSPS) is 10.9. The fraction of sp³-hybridized carbons (Fsp3) is 0.167. The number of fused-ring (bicyclic) bond motifs is 1. The smallest absolute Gasteiger partial charge is 0.252 e. The van der Waals surface area contributed by atoms with Crippen molar-refractivity contribution in [1.29, 1.82) is 0 Å². The van der Waals surface area contributed by atoms with Gasteiger partial charge in [0.1, 0.15) is 0 Å². The van der Waals surface area contributed by atoms with Gasteiger partial charge >= 0.3 is 0 Å². The Kier molecular flexibility index (Phi) is 4.74. The van der Waals surface area contributed by atoms with E-state index in [9.17, 15) is 4.79 Å². The van der Waals surface area contributed by atoms with Crippen LogP contribution in [0, 0.1) is 6.92 Å². The Hall–Kier alpha value is -1.78. The summed E-state index contributed by atoms with van der Waals surface area (Å²) in [6.07, 6.45) is 0.778. The van der Waals surface area contributed by atoms with Crippen LogP contribution in [0.15, 0.2) is 46.9 Å². The highest BCUT2D eigenvalue weighted by Gasteiger charge is 2.12. The first kappa shape index (κ1) is 16.1. The van der Waals surface area contributed by atoms with Gasteiger partial charge in [-0.05, 0) is 59.1 Å². The predicted octanol–water partition coefficient (Wildman–Crippen LogP) is 4.86. The summed E-state index contributed by atoms with van der Waals surface area (Å²) in [5.41, 5.74) is 4.06. The largest absolute Gasteiger partial charge is 0.358 e. The molecule has 1 aromatic heterocycles. The van der Waals surface area contributed by atoms with Gasteiger partial charge in [0.25, 0.3) is 5.91 Å². The minimum absolute atomic E-state index is 0.128. The van der Waals surface area contributed by atoms with Crippen molar-refractivity contribution in [3.05, 3.63) is 68.8 Å². The summed E-state index contributed by atoms with van der Waals surface area (Å²) < 4.78 is 0.739. The number of rotatable bonds is 4. The zero-order valence-electron chi connectivity index (χ0n) is 12.6. The van der Waals surface area contributed by atoms with Crippen LogP contribution in [0.5, 0.6) is 0 Å². The molecule has 0 aliphatic carbocycles. The Morgan fingerprint density at radius 1 is 1.26 bits per heavy atom. The van der Waals surface area contributed by atoms with E-state index in [1.807, 2.05) is 12.1 Å². The molecular weight excluding hydrogens is 376 g/mol. The molecular formula is C18H16BrClN2O. The minimum atomic E-state index is -0.128. The Balaban J connectivity index is 1.70. The topological polar surface area (TPSA) is 44.9 Å². The van der Waals surface area contributed by atoms with E-state index in [-0.39, 0.29) is 5.91 Å². The highest BCUT2D eigenvalue weighted by Crippen LogP contribution is 2.23. The number of benzene rings is 2. The molecule has 0 aliphatic rings. The van der Waals surface area contributed by atoms with E-state index in [2.05, 4.69) is 45.3 Å². The van der Waals surface area contributed by atoms with Crippen molar-refractivity contribution >= 4 is 44.3 Å². The predicted molar refractivity (Wildman–Crippen MR) is 98.2 cm³/mol. The summed E-state index contributed by atoms with van der Waals surface area (Å²) in [6.45, 7) is 2.63. The average molecular weight is 392 g/mol. The van der Waals surface area contributed by atoms with Crippen LogP contribution in [-0.2, 0) is 6.42 Å². The molecule has 118 valence electrons. The number of aromatic amines is 1. The molecule has 0 saturated heterocycles. The monoisotopic (exact) mass is 390 g/mol. The number of aryl methyl sites for hydroxylation is 1. The molecule has 0 atom stereocenters. The SMILES string of the molecule is Cc1[nH]c2ccccc2c1CCNC(=O)c1cc(Cl)ccc1Br. The van der Waals surface area contributed by atoms with Crippen LogP contribution < -0.4 is 5.32 Å². The molecule has 0 fully saturated rings. The number of hydrogen-bond donors (Lipinski definition) is 2.